The smallest absolute Gasteiger partial charge is 0.227 e. The number of carbonyl (C=O) groups is 1. The Labute approximate surface area is 152 Å². The standard InChI is InChI=1S/C22H32N2O/c1-16-14-24(15-17(2)23-16)21(25)13-18-6-5-7-20(12-18)19-8-10-22(3,4)11-9-19/h5-8,12,16-17,23H,9-11,13-15H2,1-4H3/t16-,17+. The minimum atomic E-state index is 0.246. The largest absolute Gasteiger partial charge is 0.339 e. The summed E-state index contributed by atoms with van der Waals surface area (Å²) in [6, 6.07) is 9.33. The number of nitrogens with zero attached hydrogens (tertiary/aromatic N) is 1. The van der Waals surface area contributed by atoms with Crippen LogP contribution >= 0.6 is 0 Å². The molecule has 3 nitrogen and oxygen atoms in total. The van der Waals surface area contributed by atoms with E-state index in [1.165, 1.54) is 17.6 Å². The summed E-state index contributed by atoms with van der Waals surface area (Å²) in [6.45, 7) is 10.6. The third-order valence-electron chi connectivity index (χ3n) is 5.54. The van der Waals surface area contributed by atoms with Crippen molar-refractivity contribution < 1.29 is 4.79 Å². The van der Waals surface area contributed by atoms with Gasteiger partial charge in [-0.3, -0.25) is 4.79 Å². The third-order valence-corrected chi connectivity index (χ3v) is 5.54. The van der Waals surface area contributed by atoms with E-state index in [1.54, 1.807) is 0 Å². The van der Waals surface area contributed by atoms with Crippen molar-refractivity contribution in [1.82, 2.24) is 10.2 Å². The first-order valence-electron chi connectivity index (χ1n) is 9.64. The quantitative estimate of drug-likeness (QED) is 0.901. The maximum absolute atomic E-state index is 12.7. The summed E-state index contributed by atoms with van der Waals surface area (Å²) in [5.74, 6) is 0.246. The first-order chi connectivity index (χ1) is 11.8. The van der Waals surface area contributed by atoms with E-state index in [1.807, 2.05) is 4.90 Å². The van der Waals surface area contributed by atoms with Crippen LogP contribution in [-0.2, 0) is 11.2 Å². The zero-order chi connectivity index (χ0) is 18.0. The number of carbonyl (C=O) groups excluding carboxylic acids is 1. The highest BCUT2D eigenvalue weighted by molar-refractivity contribution is 5.79. The van der Waals surface area contributed by atoms with Crippen molar-refractivity contribution in [2.75, 3.05) is 13.1 Å². The SMILES string of the molecule is C[C@@H]1CN(C(=O)Cc2cccc(C3=CCC(C)(C)CC3)c2)C[C@H](C)N1. The molecule has 1 aliphatic heterocycles. The Morgan fingerprint density at radius 1 is 1.24 bits per heavy atom. The van der Waals surface area contributed by atoms with Crippen molar-refractivity contribution in [3.05, 3.63) is 41.5 Å². The van der Waals surface area contributed by atoms with E-state index in [2.05, 4.69) is 63.4 Å². The molecule has 1 aliphatic carbocycles. The molecular weight excluding hydrogens is 308 g/mol. The van der Waals surface area contributed by atoms with Crippen LogP contribution in [0.25, 0.3) is 5.57 Å². The molecule has 1 aromatic carbocycles. The van der Waals surface area contributed by atoms with Crippen molar-refractivity contribution >= 4 is 11.5 Å². The van der Waals surface area contributed by atoms with Crippen molar-refractivity contribution in [3.8, 4) is 0 Å². The number of amides is 1. The molecule has 2 atom stereocenters. The van der Waals surface area contributed by atoms with Crippen molar-refractivity contribution in [2.24, 2.45) is 5.41 Å². The average Bonchev–Trinajstić information content (AvgIpc) is 2.54. The number of benzene rings is 1. The zero-order valence-electron chi connectivity index (χ0n) is 16.1. The molecule has 1 saturated heterocycles. The molecule has 1 fully saturated rings. The maximum atomic E-state index is 12.7. The van der Waals surface area contributed by atoms with Gasteiger partial charge >= 0.3 is 0 Å². The van der Waals surface area contributed by atoms with Gasteiger partial charge in [-0.05, 0) is 55.2 Å². The predicted molar refractivity (Wildman–Crippen MR) is 104 cm³/mol. The molecule has 3 heteroatoms. The van der Waals surface area contributed by atoms with Gasteiger partial charge in [0.15, 0.2) is 0 Å². The fourth-order valence-electron chi connectivity index (χ4n) is 4.04. The second-order valence-electron chi connectivity index (χ2n) is 8.74. The first-order valence-corrected chi connectivity index (χ1v) is 9.64. The van der Waals surface area contributed by atoms with Gasteiger partial charge in [0, 0.05) is 25.2 Å². The van der Waals surface area contributed by atoms with Crippen molar-refractivity contribution in [3.63, 3.8) is 0 Å². The van der Waals surface area contributed by atoms with Gasteiger partial charge in [0.05, 0.1) is 6.42 Å². The highest BCUT2D eigenvalue weighted by atomic mass is 16.2. The molecule has 25 heavy (non-hydrogen) atoms. The summed E-state index contributed by atoms with van der Waals surface area (Å²) >= 11 is 0. The lowest BCUT2D eigenvalue weighted by molar-refractivity contribution is -0.132. The highest BCUT2D eigenvalue weighted by Gasteiger charge is 2.25. The maximum Gasteiger partial charge on any atom is 0.227 e. The Morgan fingerprint density at radius 3 is 2.60 bits per heavy atom. The zero-order valence-corrected chi connectivity index (χ0v) is 16.1. The summed E-state index contributed by atoms with van der Waals surface area (Å²) in [5.41, 5.74) is 4.29. The number of hydrogen-bond donors (Lipinski definition) is 1. The number of hydrogen-bond acceptors (Lipinski definition) is 2. The summed E-state index contributed by atoms with van der Waals surface area (Å²) in [4.78, 5) is 14.7. The topological polar surface area (TPSA) is 32.3 Å². The molecule has 1 N–H and O–H groups in total. The van der Waals surface area contributed by atoms with E-state index in [0.717, 1.165) is 31.5 Å². The molecule has 0 bridgehead atoms. The van der Waals surface area contributed by atoms with Crippen LogP contribution in [0, 0.1) is 5.41 Å². The molecule has 1 heterocycles. The van der Waals surface area contributed by atoms with E-state index in [9.17, 15) is 4.79 Å². The van der Waals surface area contributed by atoms with Gasteiger partial charge in [-0.2, -0.15) is 0 Å². The molecule has 0 unspecified atom stereocenters. The summed E-state index contributed by atoms with van der Waals surface area (Å²) in [5, 5.41) is 3.49. The number of rotatable bonds is 3. The molecule has 136 valence electrons. The normalized spacial score (nSPS) is 26.2. The molecule has 3 rings (SSSR count). The van der Waals surface area contributed by atoms with E-state index in [4.69, 9.17) is 0 Å². The van der Waals surface area contributed by atoms with Crippen molar-refractivity contribution in [2.45, 2.75) is 65.5 Å². The van der Waals surface area contributed by atoms with Crippen LogP contribution in [0.5, 0.6) is 0 Å². The van der Waals surface area contributed by atoms with E-state index in [-0.39, 0.29) is 5.91 Å². The van der Waals surface area contributed by atoms with Crippen LogP contribution in [0.2, 0.25) is 0 Å². The lowest BCUT2D eigenvalue weighted by Gasteiger charge is -2.36. The second-order valence-corrected chi connectivity index (χ2v) is 8.74. The summed E-state index contributed by atoms with van der Waals surface area (Å²) < 4.78 is 0. The van der Waals surface area contributed by atoms with Crippen LogP contribution in [-0.4, -0.2) is 36.0 Å². The van der Waals surface area contributed by atoms with Gasteiger partial charge < -0.3 is 10.2 Å². The fraction of sp³-hybridized carbons (Fsp3) is 0.591. The molecule has 0 aromatic heterocycles. The minimum absolute atomic E-state index is 0.246. The van der Waals surface area contributed by atoms with E-state index >= 15 is 0 Å². The Morgan fingerprint density at radius 2 is 1.96 bits per heavy atom. The first kappa shape index (κ1) is 18.2. The van der Waals surface area contributed by atoms with Gasteiger partial charge in [-0.15, -0.1) is 0 Å². The number of piperazine rings is 1. The minimum Gasteiger partial charge on any atom is -0.339 e. The second kappa shape index (κ2) is 7.33. The third kappa shape index (κ3) is 4.72. The van der Waals surface area contributed by atoms with Gasteiger partial charge in [0.25, 0.3) is 0 Å². The number of allylic oxidation sites excluding steroid dienone is 2. The Hall–Kier alpha value is -1.61. The Bertz CT molecular complexity index is 652. The van der Waals surface area contributed by atoms with Crippen LogP contribution < -0.4 is 5.32 Å². The lowest BCUT2D eigenvalue weighted by atomic mass is 9.77. The molecule has 0 saturated carbocycles. The van der Waals surface area contributed by atoms with E-state index in [0.29, 0.717) is 23.9 Å². The Balaban J connectivity index is 1.68. The fourth-order valence-corrected chi connectivity index (χ4v) is 4.04. The van der Waals surface area contributed by atoms with Crippen LogP contribution in [0.4, 0.5) is 0 Å². The molecule has 1 amide bonds. The summed E-state index contributed by atoms with van der Waals surface area (Å²) in [6.07, 6.45) is 6.41. The van der Waals surface area contributed by atoms with Gasteiger partial charge in [0.1, 0.15) is 0 Å². The van der Waals surface area contributed by atoms with Gasteiger partial charge in [-0.1, -0.05) is 44.2 Å². The van der Waals surface area contributed by atoms with Crippen LogP contribution in [0.3, 0.4) is 0 Å². The molecule has 1 aromatic rings. The molecule has 2 aliphatic rings. The predicted octanol–water partition coefficient (Wildman–Crippen LogP) is 4.03. The monoisotopic (exact) mass is 340 g/mol. The van der Waals surface area contributed by atoms with Gasteiger partial charge in [0.2, 0.25) is 5.91 Å². The lowest BCUT2D eigenvalue weighted by Crippen LogP contribution is -2.56. The molecule has 0 spiro atoms. The van der Waals surface area contributed by atoms with E-state index < -0.39 is 0 Å². The molecule has 0 radical (unpaired) electrons. The van der Waals surface area contributed by atoms with Gasteiger partial charge in [-0.25, -0.2) is 0 Å². The van der Waals surface area contributed by atoms with Crippen LogP contribution in [0.1, 0.15) is 58.1 Å². The highest BCUT2D eigenvalue weighted by Crippen LogP contribution is 2.37. The average molecular weight is 341 g/mol. The Kier molecular flexibility index (Phi) is 5.33. The number of nitrogens with one attached hydrogen (secondary N) is 1. The summed E-state index contributed by atoms with van der Waals surface area (Å²) in [7, 11) is 0. The molecular formula is C22H32N2O. The van der Waals surface area contributed by atoms with Crippen LogP contribution in [0.15, 0.2) is 30.3 Å². The van der Waals surface area contributed by atoms with Crippen molar-refractivity contribution in [1.29, 1.82) is 0 Å².